The molecule has 1 rings (SSSR count). The molecular weight excluding hydrogens is 189 g/mol. The molecule has 0 spiro atoms. The molecule has 1 fully saturated rings. The topological polar surface area (TPSA) is 72.6 Å². The molecule has 1 aliphatic heterocycles. The van der Waals surface area contributed by atoms with Crippen LogP contribution in [0.1, 0.15) is 12.8 Å². The van der Waals surface area contributed by atoms with Gasteiger partial charge < -0.3 is 0 Å². The molecule has 1 amide bonds. The van der Waals surface area contributed by atoms with Crippen LogP contribution in [0.3, 0.4) is 0 Å². The molecule has 0 bridgehead atoms. The molecule has 0 unspecified atom stereocenters. The summed E-state index contributed by atoms with van der Waals surface area (Å²) in [5.41, 5.74) is 4.86. The van der Waals surface area contributed by atoms with E-state index in [0.29, 0.717) is 12.5 Å². The van der Waals surface area contributed by atoms with Crippen molar-refractivity contribution in [2.75, 3.05) is 25.6 Å². The molecule has 5 heteroatoms. The molecule has 1 aliphatic rings. The number of ether oxygens (including phenoxy) is 1. The SMILES string of the molecule is C[PH]1(O)CCC(COC(N)=O)CC1. The number of nitrogens with two attached hydrogens (primary N) is 1. The van der Waals surface area contributed by atoms with Crippen LogP contribution in [-0.2, 0) is 4.74 Å². The average molecular weight is 207 g/mol. The van der Waals surface area contributed by atoms with E-state index in [1.54, 1.807) is 0 Å². The van der Waals surface area contributed by atoms with Crippen LogP contribution in [0.4, 0.5) is 4.79 Å². The van der Waals surface area contributed by atoms with E-state index in [0.717, 1.165) is 25.2 Å². The minimum atomic E-state index is -1.86. The average Bonchev–Trinajstić information content (AvgIpc) is 2.02. The second-order valence-corrected chi connectivity index (χ2v) is 8.06. The van der Waals surface area contributed by atoms with Gasteiger partial charge in [-0.25, -0.2) is 0 Å². The monoisotopic (exact) mass is 207 g/mol. The van der Waals surface area contributed by atoms with E-state index in [9.17, 15) is 9.69 Å². The number of carbonyl (C=O) groups is 1. The first kappa shape index (κ1) is 10.7. The van der Waals surface area contributed by atoms with Gasteiger partial charge in [-0.2, -0.15) is 0 Å². The Morgan fingerprint density at radius 1 is 1.62 bits per heavy atom. The summed E-state index contributed by atoms with van der Waals surface area (Å²) in [5.74, 6) is 0.403. The third-order valence-corrected chi connectivity index (χ3v) is 5.38. The summed E-state index contributed by atoms with van der Waals surface area (Å²) in [6, 6.07) is 0. The van der Waals surface area contributed by atoms with E-state index in [4.69, 9.17) is 10.5 Å². The van der Waals surface area contributed by atoms with E-state index in [-0.39, 0.29) is 0 Å². The third kappa shape index (κ3) is 3.92. The Hall–Kier alpha value is -0.340. The second-order valence-electron chi connectivity index (χ2n) is 4.07. The van der Waals surface area contributed by atoms with Crippen LogP contribution < -0.4 is 5.73 Å². The number of amides is 1. The van der Waals surface area contributed by atoms with Crippen molar-refractivity contribution >= 4 is 13.6 Å². The molecule has 3 N–H and O–H groups in total. The van der Waals surface area contributed by atoms with E-state index in [2.05, 4.69) is 0 Å². The van der Waals surface area contributed by atoms with Crippen LogP contribution in [0.2, 0.25) is 0 Å². The molecule has 0 aromatic rings. The number of carbonyl (C=O) groups excluding carboxylic acids is 1. The Morgan fingerprint density at radius 2 is 2.15 bits per heavy atom. The van der Waals surface area contributed by atoms with Gasteiger partial charge in [0, 0.05) is 0 Å². The summed E-state index contributed by atoms with van der Waals surface area (Å²) in [4.78, 5) is 20.1. The normalized spacial score (nSPS) is 29.2. The van der Waals surface area contributed by atoms with Crippen LogP contribution in [0, 0.1) is 5.92 Å². The van der Waals surface area contributed by atoms with Gasteiger partial charge in [-0.15, -0.1) is 0 Å². The van der Waals surface area contributed by atoms with Crippen LogP contribution >= 0.6 is 7.49 Å². The number of primary amides is 1. The Morgan fingerprint density at radius 3 is 2.62 bits per heavy atom. The first-order valence-electron chi connectivity index (χ1n) is 4.64. The van der Waals surface area contributed by atoms with Gasteiger partial charge in [0.25, 0.3) is 0 Å². The predicted molar refractivity (Wildman–Crippen MR) is 54.5 cm³/mol. The Kier molecular flexibility index (Phi) is 3.51. The maximum atomic E-state index is 10.3. The molecule has 0 radical (unpaired) electrons. The molecule has 0 atom stereocenters. The summed E-state index contributed by atoms with van der Waals surface area (Å²) in [6.07, 6.45) is 3.06. The standard InChI is InChI=1S/C8H18NO3P/c1-13(11)4-2-7(3-5-13)6-12-8(9)10/h7,11,13H,2-6H2,1H3,(H2,9,10). The molecule has 78 valence electrons. The van der Waals surface area contributed by atoms with Gasteiger partial charge in [0.05, 0.1) is 0 Å². The molecule has 13 heavy (non-hydrogen) atoms. The zero-order chi connectivity index (χ0) is 9.90. The predicted octanol–water partition coefficient (Wildman–Crippen LogP) is 0.779. The van der Waals surface area contributed by atoms with Gasteiger partial charge in [-0.05, 0) is 0 Å². The van der Waals surface area contributed by atoms with E-state index < -0.39 is 13.6 Å². The number of hydrogen-bond donors (Lipinski definition) is 2. The summed E-state index contributed by atoms with van der Waals surface area (Å²) in [5, 5.41) is 0. The fourth-order valence-corrected chi connectivity index (χ4v) is 3.98. The molecule has 1 saturated heterocycles. The van der Waals surface area contributed by atoms with Crippen LogP contribution in [0.25, 0.3) is 0 Å². The van der Waals surface area contributed by atoms with Gasteiger partial charge in [-0.1, -0.05) is 0 Å². The first-order chi connectivity index (χ1) is 5.99. The van der Waals surface area contributed by atoms with Crippen molar-refractivity contribution in [2.24, 2.45) is 11.7 Å². The van der Waals surface area contributed by atoms with Crippen molar-refractivity contribution in [3.63, 3.8) is 0 Å². The van der Waals surface area contributed by atoms with E-state index >= 15 is 0 Å². The molecule has 4 nitrogen and oxygen atoms in total. The fraction of sp³-hybridized carbons (Fsp3) is 0.875. The van der Waals surface area contributed by atoms with Crippen molar-refractivity contribution in [3.05, 3.63) is 0 Å². The van der Waals surface area contributed by atoms with Crippen LogP contribution in [0.5, 0.6) is 0 Å². The molecule has 0 aliphatic carbocycles. The van der Waals surface area contributed by atoms with Crippen LogP contribution in [0.15, 0.2) is 0 Å². The second kappa shape index (κ2) is 4.25. The van der Waals surface area contributed by atoms with Crippen molar-refractivity contribution in [1.82, 2.24) is 0 Å². The zero-order valence-corrected chi connectivity index (χ0v) is 8.95. The quantitative estimate of drug-likeness (QED) is 0.657. The van der Waals surface area contributed by atoms with E-state index in [1.165, 1.54) is 0 Å². The maximum absolute atomic E-state index is 10.3. The Labute approximate surface area is 78.9 Å². The van der Waals surface area contributed by atoms with Crippen LogP contribution in [-0.4, -0.2) is 36.6 Å². The van der Waals surface area contributed by atoms with Crippen molar-refractivity contribution in [3.8, 4) is 0 Å². The fourth-order valence-electron chi connectivity index (χ4n) is 1.67. The summed E-state index contributed by atoms with van der Waals surface area (Å²) in [7, 11) is -1.86. The summed E-state index contributed by atoms with van der Waals surface area (Å²) >= 11 is 0. The number of hydrogen-bond acceptors (Lipinski definition) is 3. The van der Waals surface area contributed by atoms with Gasteiger partial charge in [0.2, 0.25) is 0 Å². The molecule has 0 saturated carbocycles. The molecule has 0 aromatic heterocycles. The van der Waals surface area contributed by atoms with Crippen molar-refractivity contribution in [2.45, 2.75) is 12.8 Å². The van der Waals surface area contributed by atoms with Gasteiger partial charge in [0.1, 0.15) is 0 Å². The first-order valence-corrected chi connectivity index (χ1v) is 7.50. The number of rotatable bonds is 2. The third-order valence-electron chi connectivity index (χ3n) is 2.64. The summed E-state index contributed by atoms with van der Waals surface area (Å²) in [6.45, 7) is 2.40. The van der Waals surface area contributed by atoms with E-state index in [1.807, 2.05) is 6.66 Å². The summed E-state index contributed by atoms with van der Waals surface area (Å²) < 4.78 is 4.72. The van der Waals surface area contributed by atoms with Gasteiger partial charge in [0.15, 0.2) is 0 Å². The van der Waals surface area contributed by atoms with Crippen molar-refractivity contribution < 1.29 is 14.4 Å². The van der Waals surface area contributed by atoms with Gasteiger partial charge >= 0.3 is 78.1 Å². The molecule has 1 heterocycles. The minimum absolute atomic E-state index is 0.403. The zero-order valence-electron chi connectivity index (χ0n) is 7.95. The molecule has 0 aromatic carbocycles. The van der Waals surface area contributed by atoms with Crippen molar-refractivity contribution in [1.29, 1.82) is 0 Å². The van der Waals surface area contributed by atoms with Gasteiger partial charge in [-0.3, -0.25) is 0 Å². The molecular formula is C8H18NO3P. The Balaban J connectivity index is 2.21. The Bertz CT molecular complexity index is 186.